The summed E-state index contributed by atoms with van der Waals surface area (Å²) >= 11 is 0. The van der Waals surface area contributed by atoms with Crippen molar-refractivity contribution in [3.63, 3.8) is 0 Å². The fraction of sp³-hybridized carbons (Fsp3) is 0.350. The van der Waals surface area contributed by atoms with E-state index in [4.69, 9.17) is 14.9 Å². The van der Waals surface area contributed by atoms with E-state index in [0.717, 1.165) is 30.5 Å². The summed E-state index contributed by atoms with van der Waals surface area (Å²) in [4.78, 5) is 32.9. The van der Waals surface area contributed by atoms with E-state index in [0.29, 0.717) is 19.0 Å². The average molecular weight is 410 g/mol. The molecule has 0 aromatic carbocycles. The predicted octanol–water partition coefficient (Wildman–Crippen LogP) is 2.03. The molecule has 3 aromatic heterocycles. The Hall–Kier alpha value is -3.53. The van der Waals surface area contributed by atoms with Crippen LogP contribution < -0.4 is 11.1 Å². The second-order valence-electron chi connectivity index (χ2n) is 6.99. The smallest absolute Gasteiger partial charge is 0.277 e. The van der Waals surface area contributed by atoms with E-state index in [1.165, 1.54) is 6.26 Å². The lowest BCUT2D eigenvalue weighted by molar-refractivity contribution is 0.0927. The third-order valence-corrected chi connectivity index (χ3v) is 4.82. The normalized spacial score (nSPS) is 16.0. The molecule has 4 heterocycles. The Morgan fingerprint density at radius 2 is 2.27 bits per heavy atom. The fourth-order valence-electron chi connectivity index (χ4n) is 3.29. The van der Waals surface area contributed by atoms with Crippen molar-refractivity contribution in [2.45, 2.75) is 38.8 Å². The van der Waals surface area contributed by atoms with Crippen molar-refractivity contribution < 1.29 is 18.7 Å². The van der Waals surface area contributed by atoms with Gasteiger partial charge in [-0.1, -0.05) is 6.92 Å². The Balaban J connectivity index is 1.51. The maximum atomic E-state index is 12.7. The van der Waals surface area contributed by atoms with E-state index in [9.17, 15) is 9.59 Å². The average Bonchev–Trinajstić information content (AvgIpc) is 3.49. The summed E-state index contributed by atoms with van der Waals surface area (Å²) in [5.74, 6) is -0.962. The number of aryl methyl sites for hydroxylation is 1. The van der Waals surface area contributed by atoms with E-state index >= 15 is 0 Å². The molecule has 30 heavy (non-hydrogen) atoms. The molecule has 0 spiro atoms. The highest BCUT2D eigenvalue weighted by atomic mass is 16.5. The summed E-state index contributed by atoms with van der Waals surface area (Å²) in [6, 6.07) is 3.61. The molecule has 1 aliphatic heterocycles. The number of anilines is 1. The van der Waals surface area contributed by atoms with Crippen molar-refractivity contribution in [2.75, 3.05) is 11.9 Å². The molecule has 1 fully saturated rings. The summed E-state index contributed by atoms with van der Waals surface area (Å²) in [7, 11) is 0. The van der Waals surface area contributed by atoms with Crippen molar-refractivity contribution in [1.82, 2.24) is 19.7 Å². The van der Waals surface area contributed by atoms with Gasteiger partial charge >= 0.3 is 0 Å². The molecule has 1 saturated heterocycles. The Bertz CT molecular complexity index is 1070. The van der Waals surface area contributed by atoms with Gasteiger partial charge in [0.05, 0.1) is 18.3 Å². The van der Waals surface area contributed by atoms with Gasteiger partial charge in [0.15, 0.2) is 11.4 Å². The van der Waals surface area contributed by atoms with E-state index in [1.54, 1.807) is 23.1 Å². The highest BCUT2D eigenvalue weighted by Gasteiger charge is 2.22. The molecule has 1 atom stereocenters. The Morgan fingerprint density at radius 3 is 3.00 bits per heavy atom. The van der Waals surface area contributed by atoms with Gasteiger partial charge in [-0.15, -0.1) is 0 Å². The van der Waals surface area contributed by atoms with Gasteiger partial charge in [0, 0.05) is 30.3 Å². The van der Waals surface area contributed by atoms with Gasteiger partial charge in [-0.2, -0.15) is 5.10 Å². The first kappa shape index (κ1) is 19.8. The lowest BCUT2D eigenvalue weighted by Crippen LogP contribution is -2.18. The first-order valence-corrected chi connectivity index (χ1v) is 9.74. The lowest BCUT2D eigenvalue weighted by atomic mass is 10.2. The second kappa shape index (κ2) is 8.46. The molecule has 0 saturated carbocycles. The summed E-state index contributed by atoms with van der Waals surface area (Å²) in [5, 5.41) is 6.83. The third-order valence-electron chi connectivity index (χ3n) is 4.82. The topological polar surface area (TPSA) is 138 Å². The zero-order chi connectivity index (χ0) is 21.1. The van der Waals surface area contributed by atoms with Crippen LogP contribution >= 0.6 is 0 Å². The third kappa shape index (κ3) is 4.23. The van der Waals surface area contributed by atoms with Crippen molar-refractivity contribution in [3.8, 4) is 11.5 Å². The number of nitrogens with one attached hydrogen (secondary N) is 1. The number of nitrogens with zero attached hydrogens (tertiary/aromatic N) is 4. The van der Waals surface area contributed by atoms with E-state index in [1.807, 2.05) is 13.0 Å². The summed E-state index contributed by atoms with van der Waals surface area (Å²) in [6.07, 6.45) is 7.20. The Kier molecular flexibility index (Phi) is 5.57. The summed E-state index contributed by atoms with van der Waals surface area (Å²) in [6.45, 7) is 3.19. The number of ether oxygens (including phenoxy) is 1. The van der Waals surface area contributed by atoms with Crippen LogP contribution in [0.4, 0.5) is 5.69 Å². The first-order valence-electron chi connectivity index (χ1n) is 9.74. The van der Waals surface area contributed by atoms with Gasteiger partial charge in [-0.05, 0) is 31.4 Å². The minimum atomic E-state index is -0.735. The lowest BCUT2D eigenvalue weighted by Gasteiger charge is -2.08. The van der Waals surface area contributed by atoms with Gasteiger partial charge in [0.2, 0.25) is 5.89 Å². The maximum Gasteiger partial charge on any atom is 0.277 e. The second-order valence-corrected chi connectivity index (χ2v) is 6.99. The number of pyridine rings is 1. The van der Waals surface area contributed by atoms with Crippen LogP contribution in [0.1, 0.15) is 46.4 Å². The number of nitrogens with two attached hydrogens (primary N) is 1. The molecule has 0 aliphatic carbocycles. The van der Waals surface area contributed by atoms with Crippen molar-refractivity contribution in [3.05, 3.63) is 47.9 Å². The molecule has 3 aromatic rings. The minimum Gasteiger partial charge on any atom is -0.444 e. The van der Waals surface area contributed by atoms with E-state index in [-0.39, 0.29) is 23.2 Å². The number of primary amides is 1. The zero-order valence-corrected chi connectivity index (χ0v) is 16.5. The molecule has 1 aliphatic rings. The minimum absolute atomic E-state index is 0.0215. The van der Waals surface area contributed by atoms with Crippen LogP contribution in [0.3, 0.4) is 0 Å². The van der Waals surface area contributed by atoms with E-state index < -0.39 is 11.8 Å². The Morgan fingerprint density at radius 1 is 1.40 bits per heavy atom. The maximum absolute atomic E-state index is 12.7. The fourth-order valence-corrected chi connectivity index (χ4v) is 3.29. The highest BCUT2D eigenvalue weighted by molar-refractivity contribution is 6.07. The molecule has 0 unspecified atom stereocenters. The van der Waals surface area contributed by atoms with Gasteiger partial charge in [-0.3, -0.25) is 19.3 Å². The number of hydrogen-bond acceptors (Lipinski definition) is 7. The van der Waals surface area contributed by atoms with Crippen LogP contribution in [0, 0.1) is 0 Å². The molecule has 0 bridgehead atoms. The molecular formula is C20H22N6O4. The molecule has 10 nitrogen and oxygen atoms in total. The standard InChI is InChI=1S/C20H22N6O4/c1-2-13-8-12(5-6-22-13)20-24-16(11-30-20)19(28)23-15-10-26(25-17(15)18(21)27)9-14-4-3-7-29-14/h5-6,8,10-11,14H,2-4,7,9H2,1H3,(H2,21,27)(H,23,28)/t14-/m0/s1. The van der Waals surface area contributed by atoms with Crippen LogP contribution in [0.25, 0.3) is 11.5 Å². The number of oxazole rings is 1. The highest BCUT2D eigenvalue weighted by Crippen LogP contribution is 2.21. The quantitative estimate of drug-likeness (QED) is 0.607. The van der Waals surface area contributed by atoms with Gasteiger partial charge in [0.25, 0.3) is 11.8 Å². The number of hydrogen-bond donors (Lipinski definition) is 2. The van der Waals surface area contributed by atoms with Gasteiger partial charge < -0.3 is 20.2 Å². The molecule has 2 amide bonds. The van der Waals surface area contributed by atoms with Crippen LogP contribution in [0.2, 0.25) is 0 Å². The Labute approximate surface area is 172 Å². The van der Waals surface area contributed by atoms with Crippen molar-refractivity contribution >= 4 is 17.5 Å². The van der Waals surface area contributed by atoms with Crippen LogP contribution in [-0.2, 0) is 17.7 Å². The summed E-state index contributed by atoms with van der Waals surface area (Å²) in [5.41, 5.74) is 7.30. The summed E-state index contributed by atoms with van der Waals surface area (Å²) < 4.78 is 12.6. The number of aromatic nitrogens is 4. The number of carbonyl (C=O) groups excluding carboxylic acids is 2. The van der Waals surface area contributed by atoms with Gasteiger partial charge in [-0.25, -0.2) is 4.98 Å². The zero-order valence-electron chi connectivity index (χ0n) is 16.5. The number of rotatable bonds is 7. The predicted molar refractivity (Wildman–Crippen MR) is 107 cm³/mol. The molecule has 3 N–H and O–H groups in total. The molecule has 4 rings (SSSR count). The first-order chi connectivity index (χ1) is 14.5. The SMILES string of the molecule is CCc1cc(-c2nc(C(=O)Nc3cn(C[C@@H]4CCCO4)nc3C(N)=O)co2)ccn1. The van der Waals surface area contributed by atoms with Crippen LogP contribution in [-0.4, -0.2) is 44.3 Å². The monoisotopic (exact) mass is 410 g/mol. The van der Waals surface area contributed by atoms with Crippen molar-refractivity contribution in [1.29, 1.82) is 0 Å². The van der Waals surface area contributed by atoms with E-state index in [2.05, 4.69) is 20.4 Å². The van der Waals surface area contributed by atoms with Gasteiger partial charge in [0.1, 0.15) is 6.26 Å². The van der Waals surface area contributed by atoms with Crippen LogP contribution in [0.15, 0.2) is 35.2 Å². The molecular weight excluding hydrogens is 388 g/mol. The van der Waals surface area contributed by atoms with Crippen LogP contribution in [0.5, 0.6) is 0 Å². The number of amides is 2. The molecule has 10 heteroatoms. The largest absolute Gasteiger partial charge is 0.444 e. The molecule has 156 valence electrons. The number of carbonyl (C=O) groups is 2. The molecule has 0 radical (unpaired) electrons. The van der Waals surface area contributed by atoms with Crippen molar-refractivity contribution in [2.24, 2.45) is 5.73 Å².